The molecule has 0 unspecified atom stereocenters. The molecule has 4 aliphatic rings. The van der Waals surface area contributed by atoms with Gasteiger partial charge in [-0.05, 0) is 104 Å². The Morgan fingerprint density at radius 3 is 2.44 bits per heavy atom. The van der Waals surface area contributed by atoms with E-state index in [1.807, 2.05) is 11.1 Å². The highest BCUT2D eigenvalue weighted by molar-refractivity contribution is 5.66. The maximum Gasteiger partial charge on any atom is 0.302 e. The molecular formula is C30H48O2. The molecule has 0 bridgehead atoms. The third-order valence-corrected chi connectivity index (χ3v) is 10.8. The highest BCUT2D eigenvalue weighted by Crippen LogP contribution is 2.65. The van der Waals surface area contributed by atoms with Gasteiger partial charge in [0.2, 0.25) is 0 Å². The lowest BCUT2D eigenvalue weighted by atomic mass is 9.49. The number of hydrogen-bond acceptors (Lipinski definition) is 2. The van der Waals surface area contributed by atoms with E-state index < -0.39 is 0 Å². The first kappa shape index (κ1) is 24.1. The van der Waals surface area contributed by atoms with Crippen LogP contribution in [0.2, 0.25) is 0 Å². The van der Waals surface area contributed by atoms with E-state index in [0.717, 1.165) is 36.5 Å². The minimum absolute atomic E-state index is 0.103. The first-order valence-electron chi connectivity index (χ1n) is 13.6. The van der Waals surface area contributed by atoms with Gasteiger partial charge in [-0.25, -0.2) is 0 Å². The molecule has 2 heteroatoms. The van der Waals surface area contributed by atoms with Gasteiger partial charge in [-0.1, -0.05) is 64.8 Å². The van der Waals surface area contributed by atoms with Gasteiger partial charge in [-0.15, -0.1) is 0 Å². The average Bonchev–Trinajstić information content (AvgIpc) is 3.08. The fraction of sp³-hybridized carbons (Fsp3) is 0.833. The monoisotopic (exact) mass is 440 g/mol. The molecule has 0 aromatic rings. The Balaban J connectivity index is 1.53. The molecule has 0 aromatic heterocycles. The SMILES string of the molecule is CC(=O)O[C@@H]1CC[C@@]2(C)[C@@H](CCC3=C4CC[C@@H]([C@H](C)/C=C/[C@H](C)C(C)C)[C@@]4(C)CC[C@H]32)C1. The number of hydrogen-bond donors (Lipinski definition) is 0. The second-order valence-electron chi connectivity index (χ2n) is 12.8. The van der Waals surface area contributed by atoms with Crippen LogP contribution in [0.15, 0.2) is 23.3 Å². The zero-order valence-corrected chi connectivity index (χ0v) is 21.9. The number of ether oxygens (including phenoxy) is 1. The number of fused-ring (bicyclic) bond motifs is 4. The molecular weight excluding hydrogens is 392 g/mol. The third kappa shape index (κ3) is 4.14. The molecule has 4 aliphatic carbocycles. The predicted octanol–water partition coefficient (Wildman–Crippen LogP) is 8.13. The van der Waals surface area contributed by atoms with E-state index in [2.05, 4.69) is 53.7 Å². The average molecular weight is 441 g/mol. The van der Waals surface area contributed by atoms with Crippen LogP contribution in [0.4, 0.5) is 0 Å². The first-order valence-corrected chi connectivity index (χ1v) is 13.6. The first-order chi connectivity index (χ1) is 15.1. The maximum atomic E-state index is 11.5. The second kappa shape index (κ2) is 8.95. The zero-order chi connectivity index (χ0) is 23.3. The van der Waals surface area contributed by atoms with Crippen LogP contribution in [0.1, 0.15) is 106 Å². The highest BCUT2D eigenvalue weighted by Gasteiger charge is 2.55. The van der Waals surface area contributed by atoms with Crippen LogP contribution >= 0.6 is 0 Å². The third-order valence-electron chi connectivity index (χ3n) is 10.8. The van der Waals surface area contributed by atoms with Gasteiger partial charge in [-0.2, -0.15) is 0 Å². The van der Waals surface area contributed by atoms with Crippen molar-refractivity contribution < 1.29 is 9.53 Å². The van der Waals surface area contributed by atoms with Crippen molar-refractivity contribution in [2.75, 3.05) is 0 Å². The second-order valence-corrected chi connectivity index (χ2v) is 12.8. The molecule has 0 amide bonds. The summed E-state index contributed by atoms with van der Waals surface area (Å²) in [6.07, 6.45) is 16.6. The van der Waals surface area contributed by atoms with E-state index >= 15 is 0 Å². The van der Waals surface area contributed by atoms with E-state index in [0.29, 0.717) is 22.7 Å². The van der Waals surface area contributed by atoms with Crippen molar-refractivity contribution in [3.05, 3.63) is 23.3 Å². The number of esters is 1. The zero-order valence-electron chi connectivity index (χ0n) is 21.9. The van der Waals surface area contributed by atoms with Gasteiger partial charge in [0.25, 0.3) is 0 Å². The van der Waals surface area contributed by atoms with Crippen LogP contribution in [0.25, 0.3) is 0 Å². The van der Waals surface area contributed by atoms with E-state index in [1.54, 1.807) is 6.92 Å². The number of carbonyl (C=O) groups is 1. The normalized spacial score (nSPS) is 41.2. The van der Waals surface area contributed by atoms with Crippen LogP contribution < -0.4 is 0 Å². The molecule has 3 saturated carbocycles. The van der Waals surface area contributed by atoms with Gasteiger partial charge in [0.1, 0.15) is 6.10 Å². The molecule has 0 saturated heterocycles. The Hall–Kier alpha value is -1.05. The molecule has 0 radical (unpaired) electrons. The Morgan fingerprint density at radius 2 is 1.75 bits per heavy atom. The Bertz CT molecular complexity index is 776. The minimum atomic E-state index is -0.103. The van der Waals surface area contributed by atoms with Crippen LogP contribution in [0.5, 0.6) is 0 Å². The lowest BCUT2D eigenvalue weighted by Gasteiger charge is -2.57. The summed E-state index contributed by atoms with van der Waals surface area (Å²) in [5, 5.41) is 0. The van der Waals surface area contributed by atoms with Crippen LogP contribution in [0.3, 0.4) is 0 Å². The van der Waals surface area contributed by atoms with Crippen LogP contribution in [0, 0.1) is 46.3 Å². The summed E-state index contributed by atoms with van der Waals surface area (Å²) in [6, 6.07) is 0. The van der Waals surface area contributed by atoms with Crippen molar-refractivity contribution in [2.45, 2.75) is 112 Å². The molecule has 180 valence electrons. The molecule has 0 aliphatic heterocycles. The van der Waals surface area contributed by atoms with Crippen LogP contribution in [-0.4, -0.2) is 12.1 Å². The predicted molar refractivity (Wildman–Crippen MR) is 133 cm³/mol. The van der Waals surface area contributed by atoms with E-state index in [-0.39, 0.29) is 12.1 Å². The summed E-state index contributed by atoms with van der Waals surface area (Å²) >= 11 is 0. The summed E-state index contributed by atoms with van der Waals surface area (Å²) in [4.78, 5) is 11.5. The molecule has 0 N–H and O–H groups in total. The topological polar surface area (TPSA) is 26.3 Å². The molecule has 32 heavy (non-hydrogen) atoms. The Labute approximate surface area is 197 Å². The smallest absolute Gasteiger partial charge is 0.302 e. The largest absolute Gasteiger partial charge is 0.463 e. The van der Waals surface area contributed by atoms with Crippen molar-refractivity contribution >= 4 is 5.97 Å². The minimum Gasteiger partial charge on any atom is -0.463 e. The quantitative estimate of drug-likeness (QED) is 0.318. The maximum absolute atomic E-state index is 11.5. The Kier molecular flexibility index (Phi) is 6.74. The molecule has 2 nitrogen and oxygen atoms in total. The van der Waals surface area contributed by atoms with Crippen molar-refractivity contribution in [3.63, 3.8) is 0 Å². The van der Waals surface area contributed by atoms with E-state index in [1.165, 1.54) is 44.9 Å². The van der Waals surface area contributed by atoms with Crippen molar-refractivity contribution in [2.24, 2.45) is 46.3 Å². The van der Waals surface area contributed by atoms with Gasteiger partial charge in [0.15, 0.2) is 0 Å². The lowest BCUT2D eigenvalue weighted by molar-refractivity contribution is -0.152. The van der Waals surface area contributed by atoms with Crippen molar-refractivity contribution in [1.82, 2.24) is 0 Å². The van der Waals surface area contributed by atoms with E-state index in [9.17, 15) is 4.79 Å². The van der Waals surface area contributed by atoms with Gasteiger partial charge in [-0.3, -0.25) is 4.79 Å². The molecule has 8 atom stereocenters. The number of carbonyl (C=O) groups excluding carboxylic acids is 1. The van der Waals surface area contributed by atoms with Gasteiger partial charge >= 0.3 is 5.97 Å². The molecule has 0 aromatic carbocycles. The van der Waals surface area contributed by atoms with E-state index in [4.69, 9.17) is 4.74 Å². The molecule has 0 heterocycles. The lowest BCUT2D eigenvalue weighted by Crippen LogP contribution is -2.48. The van der Waals surface area contributed by atoms with Gasteiger partial charge in [0.05, 0.1) is 0 Å². The molecule has 4 rings (SSSR count). The molecule has 0 spiro atoms. The summed E-state index contributed by atoms with van der Waals surface area (Å²) in [7, 11) is 0. The number of allylic oxidation sites excluding steroid dienone is 4. The number of rotatable bonds is 5. The standard InChI is InChI=1S/C30H48O2/c1-19(2)20(3)8-9-21(4)26-12-13-27-25-11-10-23-18-24(32-22(5)31)14-16-29(23,6)28(25)15-17-30(26,27)7/h8-9,19-21,23-24,26,28H,10-18H2,1-7H3/b9-8+/t20-,21+,23-,24+,26-,28+,29-,30+/m0/s1. The summed E-state index contributed by atoms with van der Waals surface area (Å²) in [5.41, 5.74) is 4.57. The summed E-state index contributed by atoms with van der Waals surface area (Å²) in [6.45, 7) is 16.3. The summed E-state index contributed by atoms with van der Waals surface area (Å²) < 4.78 is 5.64. The van der Waals surface area contributed by atoms with Crippen LogP contribution in [-0.2, 0) is 9.53 Å². The Morgan fingerprint density at radius 1 is 1.00 bits per heavy atom. The van der Waals surface area contributed by atoms with Crippen molar-refractivity contribution in [1.29, 1.82) is 0 Å². The van der Waals surface area contributed by atoms with Gasteiger partial charge in [0, 0.05) is 6.92 Å². The van der Waals surface area contributed by atoms with Gasteiger partial charge < -0.3 is 4.74 Å². The summed E-state index contributed by atoms with van der Waals surface area (Å²) in [5.74, 6) is 4.24. The highest BCUT2D eigenvalue weighted by atomic mass is 16.5. The molecule has 3 fully saturated rings. The fourth-order valence-corrected chi connectivity index (χ4v) is 8.38. The van der Waals surface area contributed by atoms with Crippen molar-refractivity contribution in [3.8, 4) is 0 Å². The fourth-order valence-electron chi connectivity index (χ4n) is 8.38.